The molecule has 1 heterocycles. The van der Waals surface area contributed by atoms with Crippen molar-refractivity contribution in [2.75, 3.05) is 32.7 Å². The summed E-state index contributed by atoms with van der Waals surface area (Å²) in [5.41, 5.74) is 5.12. The van der Waals surface area contributed by atoms with Crippen LogP contribution in [0.1, 0.15) is 34.6 Å². The zero-order valence-corrected chi connectivity index (χ0v) is 12.9. The van der Waals surface area contributed by atoms with Gasteiger partial charge in [0.2, 0.25) is 5.91 Å². The standard InChI is InChI=1S/C14H29N3O2/c1-13(2,3)11(15)12(18)17-8-6-16(7-9-17)10-14(4,5)19/h11,19H,6-10,15H2,1-5H3/t11-/m1/s1. The van der Waals surface area contributed by atoms with E-state index in [-0.39, 0.29) is 11.3 Å². The SMILES string of the molecule is CC(C)(O)CN1CCN(C(=O)[C@@H](N)C(C)(C)C)CC1. The van der Waals surface area contributed by atoms with E-state index >= 15 is 0 Å². The maximum absolute atomic E-state index is 12.3. The number of aliphatic hydroxyl groups is 1. The van der Waals surface area contributed by atoms with Crippen molar-refractivity contribution in [3.8, 4) is 0 Å². The Kier molecular flexibility index (Phi) is 4.98. The second-order valence-electron chi connectivity index (χ2n) is 7.26. The Hall–Kier alpha value is -0.650. The van der Waals surface area contributed by atoms with Crippen molar-refractivity contribution in [3.63, 3.8) is 0 Å². The van der Waals surface area contributed by atoms with Gasteiger partial charge in [-0.05, 0) is 19.3 Å². The first kappa shape index (κ1) is 16.4. The molecule has 0 bridgehead atoms. The van der Waals surface area contributed by atoms with Crippen molar-refractivity contribution >= 4 is 5.91 Å². The fourth-order valence-electron chi connectivity index (χ4n) is 2.24. The summed E-state index contributed by atoms with van der Waals surface area (Å²) < 4.78 is 0. The Labute approximate surface area is 116 Å². The molecular formula is C14H29N3O2. The van der Waals surface area contributed by atoms with Gasteiger partial charge in [0.25, 0.3) is 0 Å². The summed E-state index contributed by atoms with van der Waals surface area (Å²) >= 11 is 0. The minimum absolute atomic E-state index is 0.0374. The van der Waals surface area contributed by atoms with E-state index in [9.17, 15) is 9.90 Å². The maximum Gasteiger partial charge on any atom is 0.240 e. The van der Waals surface area contributed by atoms with Gasteiger partial charge < -0.3 is 15.7 Å². The third-order valence-electron chi connectivity index (χ3n) is 3.49. The Morgan fingerprint density at radius 3 is 2.00 bits per heavy atom. The molecule has 0 spiro atoms. The first-order chi connectivity index (χ1) is 8.50. The highest BCUT2D eigenvalue weighted by atomic mass is 16.3. The molecule has 112 valence electrons. The molecule has 0 aromatic carbocycles. The molecule has 1 rings (SSSR count). The number of β-amino-alcohol motifs (C(OH)–C–C–N with tert-alkyl or cyclic N) is 1. The van der Waals surface area contributed by atoms with Crippen LogP contribution in [0.3, 0.4) is 0 Å². The fraction of sp³-hybridized carbons (Fsp3) is 0.929. The lowest BCUT2D eigenvalue weighted by Crippen LogP contribution is -2.57. The molecule has 0 saturated carbocycles. The lowest BCUT2D eigenvalue weighted by atomic mass is 9.86. The number of carbonyl (C=O) groups excluding carboxylic acids is 1. The summed E-state index contributed by atoms with van der Waals surface area (Å²) in [5.74, 6) is 0.0374. The van der Waals surface area contributed by atoms with Gasteiger partial charge in [-0.15, -0.1) is 0 Å². The molecule has 0 aliphatic carbocycles. The Morgan fingerprint density at radius 2 is 1.63 bits per heavy atom. The second kappa shape index (κ2) is 5.77. The Morgan fingerprint density at radius 1 is 1.16 bits per heavy atom. The Bertz CT molecular complexity index is 310. The molecule has 1 aliphatic rings. The van der Waals surface area contributed by atoms with Gasteiger partial charge >= 0.3 is 0 Å². The molecule has 0 aromatic heterocycles. The van der Waals surface area contributed by atoms with Gasteiger partial charge in [-0.3, -0.25) is 9.69 Å². The average molecular weight is 271 g/mol. The highest BCUT2D eigenvalue weighted by molar-refractivity contribution is 5.82. The van der Waals surface area contributed by atoms with E-state index in [1.165, 1.54) is 0 Å². The second-order valence-corrected chi connectivity index (χ2v) is 7.26. The number of rotatable bonds is 3. The van der Waals surface area contributed by atoms with E-state index < -0.39 is 11.6 Å². The molecule has 1 amide bonds. The molecule has 1 saturated heterocycles. The van der Waals surface area contributed by atoms with Crippen LogP contribution < -0.4 is 5.73 Å². The minimum Gasteiger partial charge on any atom is -0.389 e. The molecule has 5 heteroatoms. The number of amides is 1. The quantitative estimate of drug-likeness (QED) is 0.773. The van der Waals surface area contributed by atoms with Crippen molar-refractivity contribution in [2.45, 2.75) is 46.3 Å². The zero-order chi connectivity index (χ0) is 14.8. The topological polar surface area (TPSA) is 69.8 Å². The van der Waals surface area contributed by atoms with Crippen LogP contribution in [0.4, 0.5) is 0 Å². The van der Waals surface area contributed by atoms with E-state index in [0.29, 0.717) is 19.6 Å². The van der Waals surface area contributed by atoms with Gasteiger partial charge in [-0.1, -0.05) is 20.8 Å². The van der Waals surface area contributed by atoms with Crippen LogP contribution in [0.15, 0.2) is 0 Å². The molecule has 3 N–H and O–H groups in total. The predicted molar refractivity (Wildman–Crippen MR) is 76.7 cm³/mol. The van der Waals surface area contributed by atoms with Crippen molar-refractivity contribution in [1.82, 2.24) is 9.80 Å². The van der Waals surface area contributed by atoms with E-state index in [1.54, 1.807) is 13.8 Å². The van der Waals surface area contributed by atoms with E-state index in [1.807, 2.05) is 25.7 Å². The minimum atomic E-state index is -0.687. The van der Waals surface area contributed by atoms with Crippen molar-refractivity contribution in [2.24, 2.45) is 11.1 Å². The number of hydrogen-bond donors (Lipinski definition) is 2. The van der Waals surface area contributed by atoms with E-state index in [2.05, 4.69) is 4.90 Å². The fourth-order valence-corrected chi connectivity index (χ4v) is 2.24. The van der Waals surface area contributed by atoms with E-state index in [4.69, 9.17) is 5.73 Å². The molecule has 1 fully saturated rings. The van der Waals surface area contributed by atoms with Crippen LogP contribution in [-0.4, -0.2) is 65.2 Å². The van der Waals surface area contributed by atoms with Crippen LogP contribution in [-0.2, 0) is 4.79 Å². The van der Waals surface area contributed by atoms with Crippen LogP contribution in [0.5, 0.6) is 0 Å². The number of hydrogen-bond acceptors (Lipinski definition) is 4. The van der Waals surface area contributed by atoms with Crippen LogP contribution >= 0.6 is 0 Å². The highest BCUT2D eigenvalue weighted by Gasteiger charge is 2.33. The third-order valence-corrected chi connectivity index (χ3v) is 3.49. The summed E-state index contributed by atoms with van der Waals surface area (Å²) in [6.07, 6.45) is 0. The summed E-state index contributed by atoms with van der Waals surface area (Å²) in [6, 6.07) is -0.451. The maximum atomic E-state index is 12.3. The summed E-state index contributed by atoms with van der Waals surface area (Å²) in [6.45, 7) is 13.2. The van der Waals surface area contributed by atoms with Crippen molar-refractivity contribution < 1.29 is 9.90 Å². The van der Waals surface area contributed by atoms with E-state index in [0.717, 1.165) is 13.1 Å². The molecular weight excluding hydrogens is 242 g/mol. The number of nitrogens with two attached hydrogens (primary N) is 1. The summed E-state index contributed by atoms with van der Waals surface area (Å²) in [7, 11) is 0. The van der Waals surface area contributed by atoms with Gasteiger partial charge in [-0.25, -0.2) is 0 Å². The summed E-state index contributed by atoms with van der Waals surface area (Å²) in [4.78, 5) is 16.3. The number of nitrogens with zero attached hydrogens (tertiary/aromatic N) is 2. The van der Waals surface area contributed by atoms with Gasteiger partial charge in [0, 0.05) is 32.7 Å². The first-order valence-electron chi connectivity index (χ1n) is 7.00. The molecule has 0 unspecified atom stereocenters. The average Bonchev–Trinajstić information content (AvgIpc) is 2.24. The van der Waals surface area contributed by atoms with Crippen molar-refractivity contribution in [3.05, 3.63) is 0 Å². The largest absolute Gasteiger partial charge is 0.389 e. The molecule has 5 nitrogen and oxygen atoms in total. The lowest BCUT2D eigenvalue weighted by Gasteiger charge is -2.39. The number of carbonyl (C=O) groups is 1. The lowest BCUT2D eigenvalue weighted by molar-refractivity contribution is -0.137. The van der Waals surface area contributed by atoms with Gasteiger partial charge in [0.05, 0.1) is 11.6 Å². The predicted octanol–water partition coefficient (Wildman–Crippen LogP) is 0.275. The molecule has 0 radical (unpaired) electrons. The monoisotopic (exact) mass is 271 g/mol. The Balaban J connectivity index is 2.48. The van der Waals surface area contributed by atoms with Crippen LogP contribution in [0, 0.1) is 5.41 Å². The van der Waals surface area contributed by atoms with Gasteiger partial charge in [-0.2, -0.15) is 0 Å². The molecule has 1 atom stereocenters. The molecule has 0 aromatic rings. The molecule has 19 heavy (non-hydrogen) atoms. The van der Waals surface area contributed by atoms with Crippen molar-refractivity contribution in [1.29, 1.82) is 0 Å². The first-order valence-corrected chi connectivity index (χ1v) is 7.00. The van der Waals surface area contributed by atoms with Gasteiger partial charge in [0.1, 0.15) is 0 Å². The van der Waals surface area contributed by atoms with Crippen LogP contribution in [0.25, 0.3) is 0 Å². The zero-order valence-electron chi connectivity index (χ0n) is 12.9. The van der Waals surface area contributed by atoms with Gasteiger partial charge in [0.15, 0.2) is 0 Å². The third kappa shape index (κ3) is 5.09. The van der Waals surface area contributed by atoms with Crippen LogP contribution in [0.2, 0.25) is 0 Å². The smallest absolute Gasteiger partial charge is 0.240 e. The number of piperazine rings is 1. The molecule has 1 aliphatic heterocycles. The highest BCUT2D eigenvalue weighted by Crippen LogP contribution is 2.20. The normalized spacial score (nSPS) is 20.5. The summed E-state index contributed by atoms with van der Waals surface area (Å²) in [5, 5.41) is 9.80.